The molecule has 49 heavy (non-hydrogen) atoms. The second-order valence-corrected chi connectivity index (χ2v) is 11.0. The van der Waals surface area contributed by atoms with Crippen LogP contribution >= 0.6 is 0 Å². The number of hydrogen-bond acceptors (Lipinski definition) is 1. The summed E-state index contributed by atoms with van der Waals surface area (Å²) in [6.07, 6.45) is 0. The molecule has 1 aromatic heterocycles. The highest BCUT2D eigenvalue weighted by atomic mass is 16.3. The first-order valence-electron chi connectivity index (χ1n) is 26.5. The van der Waals surface area contributed by atoms with Crippen molar-refractivity contribution in [1.29, 1.82) is 0 Å². The fourth-order valence-electron chi connectivity index (χ4n) is 6.48. The van der Waals surface area contributed by atoms with Crippen molar-refractivity contribution >= 4 is 54.3 Å². The summed E-state index contributed by atoms with van der Waals surface area (Å²) in [4.78, 5) is 0. The largest absolute Gasteiger partial charge is 0.456 e. The topological polar surface area (TPSA) is 13.1 Å². The summed E-state index contributed by atoms with van der Waals surface area (Å²) in [5.74, 6) is 0. The minimum Gasteiger partial charge on any atom is -0.456 e. The van der Waals surface area contributed by atoms with Crippen LogP contribution in [-0.4, -0.2) is 0 Å². The van der Waals surface area contributed by atoms with E-state index in [0.717, 1.165) is 0 Å². The van der Waals surface area contributed by atoms with E-state index in [4.69, 9.17) is 29.1 Å². The van der Waals surface area contributed by atoms with Gasteiger partial charge in [-0.2, -0.15) is 0 Å². The molecule has 0 amide bonds. The van der Waals surface area contributed by atoms with E-state index in [1.807, 2.05) is 0 Å². The number of furan rings is 1. The number of rotatable bonds is 4. The quantitative estimate of drug-likeness (QED) is 0.174. The summed E-state index contributed by atoms with van der Waals surface area (Å²) >= 11 is 0. The molecule has 0 fully saturated rings. The molecule has 228 valence electrons. The zero-order chi connectivity index (χ0) is 52.3. The van der Waals surface area contributed by atoms with E-state index in [9.17, 15) is 6.85 Å². The molecule has 0 aliphatic carbocycles. The van der Waals surface area contributed by atoms with Crippen LogP contribution < -0.4 is 0 Å². The molecular formula is C48H30O. The van der Waals surface area contributed by atoms with Crippen LogP contribution in [0.2, 0.25) is 0 Å². The van der Waals surface area contributed by atoms with E-state index in [2.05, 4.69) is 0 Å². The Morgan fingerprint density at radius 3 is 1.76 bits per heavy atom. The molecule has 10 aromatic rings. The first-order chi connectivity index (χ1) is 33.9. The van der Waals surface area contributed by atoms with Crippen molar-refractivity contribution in [3.8, 4) is 44.5 Å². The highest BCUT2D eigenvalue weighted by molar-refractivity contribution is 6.25. The van der Waals surface area contributed by atoms with E-state index >= 15 is 0 Å². The lowest BCUT2D eigenvalue weighted by Crippen LogP contribution is -1.92. The summed E-state index contributed by atoms with van der Waals surface area (Å²) in [6.45, 7) is 0. The maximum absolute atomic E-state index is 9.55. The van der Waals surface area contributed by atoms with Crippen LogP contribution in [0.4, 0.5) is 0 Å². The van der Waals surface area contributed by atoms with Crippen LogP contribution in [0.1, 0.15) is 31.5 Å². The van der Waals surface area contributed by atoms with Gasteiger partial charge in [-0.05, 0) is 95.0 Å². The van der Waals surface area contributed by atoms with Crippen molar-refractivity contribution in [1.82, 2.24) is 0 Å². The van der Waals surface area contributed by atoms with E-state index < -0.39 is 161 Å². The predicted molar refractivity (Wildman–Crippen MR) is 208 cm³/mol. The zero-order valence-corrected chi connectivity index (χ0v) is 24.9. The minimum absolute atomic E-state index is 0.0147. The molecule has 0 aliphatic rings. The minimum atomic E-state index is -0.780. The van der Waals surface area contributed by atoms with Crippen LogP contribution in [0.5, 0.6) is 0 Å². The van der Waals surface area contributed by atoms with E-state index in [1.54, 1.807) is 24.3 Å². The Bertz CT molecular complexity index is 4140. The summed E-state index contributed by atoms with van der Waals surface area (Å²) in [5.41, 5.74) is -2.57. The van der Waals surface area contributed by atoms with Crippen molar-refractivity contribution in [2.75, 3.05) is 0 Å². The van der Waals surface area contributed by atoms with Gasteiger partial charge < -0.3 is 4.42 Å². The third-order valence-corrected chi connectivity index (χ3v) is 8.49. The molecule has 10 rings (SSSR count). The fourth-order valence-corrected chi connectivity index (χ4v) is 6.48. The molecule has 0 saturated carbocycles. The average molecular weight is 646 g/mol. The lowest BCUT2D eigenvalue weighted by atomic mass is 9.83. The Kier molecular flexibility index (Phi) is 2.99. The summed E-state index contributed by atoms with van der Waals surface area (Å²) < 4.78 is 210. The van der Waals surface area contributed by atoms with Crippen molar-refractivity contribution in [3.05, 3.63) is 181 Å². The van der Waals surface area contributed by atoms with Gasteiger partial charge in [-0.25, -0.2) is 0 Å². The van der Waals surface area contributed by atoms with Crippen LogP contribution in [0.15, 0.2) is 186 Å². The normalized spacial score (nSPS) is 18.2. The Morgan fingerprint density at radius 2 is 0.980 bits per heavy atom. The van der Waals surface area contributed by atoms with Gasteiger partial charge in [-0.15, -0.1) is 0 Å². The Hall–Kier alpha value is -6.44. The van der Waals surface area contributed by atoms with Gasteiger partial charge in [0.25, 0.3) is 0 Å². The molecular weight excluding hydrogens is 593 g/mol. The third-order valence-electron chi connectivity index (χ3n) is 8.49. The van der Waals surface area contributed by atoms with Crippen molar-refractivity contribution in [2.24, 2.45) is 0 Å². The van der Waals surface area contributed by atoms with Crippen molar-refractivity contribution in [2.45, 2.75) is 0 Å². The third kappa shape index (κ3) is 4.33. The predicted octanol–water partition coefficient (Wildman–Crippen LogP) is 13.7. The van der Waals surface area contributed by atoms with Crippen LogP contribution in [0, 0.1) is 0 Å². The molecule has 0 spiro atoms. The highest BCUT2D eigenvalue weighted by Gasteiger charge is 2.20. The molecule has 0 saturated heterocycles. The SMILES string of the molecule is [2H]c1cc2c(-c3ccc(-c4c([2H])c([2H])c([2H])c5oc6c([2H])c([2H])c(-c7c([2H])c([2H])c([2H])c([2H])c7[2H])c([2H])c6c45)c4ccccc34)c3c([2H])c([2H])c([2H])c([2H])c3c(-c3c([2H])c([2H])c([2H])c([2H])c3[2H])c2c([2H])c1[2H]. The van der Waals surface area contributed by atoms with Gasteiger partial charge in [0.2, 0.25) is 0 Å². The van der Waals surface area contributed by atoms with Gasteiger partial charge in [-0.3, -0.25) is 0 Å². The smallest absolute Gasteiger partial charge is 0.136 e. The zero-order valence-electron chi connectivity index (χ0n) is 47.9. The monoisotopic (exact) mass is 645 g/mol. The van der Waals surface area contributed by atoms with Gasteiger partial charge in [0.05, 0.1) is 31.5 Å². The van der Waals surface area contributed by atoms with Gasteiger partial charge in [0.15, 0.2) is 0 Å². The summed E-state index contributed by atoms with van der Waals surface area (Å²) in [6, 6.07) is -5.51. The molecule has 1 nitrogen and oxygen atoms in total. The fraction of sp³-hybridized carbons (Fsp3) is 0. The van der Waals surface area contributed by atoms with Gasteiger partial charge in [0, 0.05) is 10.8 Å². The summed E-state index contributed by atoms with van der Waals surface area (Å²) in [5, 5.41) is -0.821. The van der Waals surface area contributed by atoms with Crippen molar-refractivity contribution in [3.63, 3.8) is 0 Å². The molecule has 0 atom stereocenters. The number of hydrogen-bond donors (Lipinski definition) is 0. The second-order valence-electron chi connectivity index (χ2n) is 11.0. The van der Waals surface area contributed by atoms with Crippen LogP contribution in [0.3, 0.4) is 0 Å². The molecule has 0 aliphatic heterocycles. The second kappa shape index (κ2) is 11.1. The van der Waals surface area contributed by atoms with Gasteiger partial charge in [0.1, 0.15) is 11.2 Å². The summed E-state index contributed by atoms with van der Waals surface area (Å²) in [7, 11) is 0. The lowest BCUT2D eigenvalue weighted by Gasteiger charge is -2.19. The van der Waals surface area contributed by atoms with Crippen LogP contribution in [0.25, 0.3) is 98.8 Å². The molecule has 0 radical (unpaired) electrons. The first-order valence-corrected chi connectivity index (χ1v) is 15.0. The van der Waals surface area contributed by atoms with E-state index in [0.29, 0.717) is 0 Å². The molecule has 1 heterocycles. The first kappa shape index (κ1) is 13.2. The Morgan fingerprint density at radius 1 is 0.347 bits per heavy atom. The molecule has 0 N–H and O–H groups in total. The highest BCUT2D eigenvalue weighted by Crippen LogP contribution is 2.47. The number of benzene rings is 9. The van der Waals surface area contributed by atoms with Crippen LogP contribution in [-0.2, 0) is 0 Å². The molecule has 9 aromatic carbocycles. The molecule has 0 bridgehead atoms. The Labute approximate surface area is 316 Å². The van der Waals surface area contributed by atoms with E-state index in [1.165, 1.54) is 18.2 Å². The standard InChI is InChI=1S/C48H30O/c1-3-14-31(15-4-1)33-26-29-44-43(30-33)48-37(24-13-25-45(48)49-44)36-27-28-42(35-19-8-7-18-34(35)36)47-40-22-11-9-20-38(40)46(32-16-5-2-6-17-32)39-21-10-12-23-41(39)47/h1-30H/i1D,2D,3D,4D,5D,6D,9D,10D,11D,12D,13D,14D,15D,16D,17D,20D,21D,22D,24D,25D,26D,29D,30D. The maximum Gasteiger partial charge on any atom is 0.136 e. The molecule has 1 heteroatoms. The average Bonchev–Trinajstić information content (AvgIpc) is 3.77. The van der Waals surface area contributed by atoms with Crippen molar-refractivity contribution < 1.29 is 35.9 Å². The number of fused-ring (bicyclic) bond motifs is 6. The van der Waals surface area contributed by atoms with Gasteiger partial charge in [-0.1, -0.05) is 163 Å². The lowest BCUT2D eigenvalue weighted by molar-refractivity contribution is 0.669. The molecule has 0 unspecified atom stereocenters. The van der Waals surface area contributed by atoms with E-state index in [-0.39, 0.29) is 76.5 Å². The Balaban J connectivity index is 1.39. The maximum atomic E-state index is 9.55. The van der Waals surface area contributed by atoms with Gasteiger partial charge >= 0.3 is 0 Å².